The number of amides is 1. The third-order valence-corrected chi connectivity index (χ3v) is 16.1. The van der Waals surface area contributed by atoms with Gasteiger partial charge in [0, 0.05) is 58.5 Å². The first kappa shape index (κ1) is 62.5. The molecule has 0 spiro atoms. The summed E-state index contributed by atoms with van der Waals surface area (Å²) in [5.74, 6) is -7.62. The maximum atomic E-state index is 14.6. The van der Waals surface area contributed by atoms with Crippen molar-refractivity contribution >= 4 is 29.2 Å². The number of nitrogens with zero attached hydrogens (tertiary/aromatic N) is 1. The average Bonchev–Trinajstić information content (AvgIpc) is 3.40. The largest absolute Gasteiger partial charge is 0.491 e. The summed E-state index contributed by atoms with van der Waals surface area (Å²) in [7, 11) is 4.55. The minimum Gasteiger partial charge on any atom is -0.491 e. The van der Waals surface area contributed by atoms with Crippen molar-refractivity contribution in [3.05, 3.63) is 77.4 Å². The van der Waals surface area contributed by atoms with Gasteiger partial charge in [-0.2, -0.15) is 0 Å². The fourth-order valence-electron chi connectivity index (χ4n) is 11.2. The molecular formula is C60H89NO15. The number of methoxy groups -OCH3 is 3. The monoisotopic (exact) mass is 1060 g/mol. The third kappa shape index (κ3) is 17.3. The average molecular weight is 1060 g/mol. The van der Waals surface area contributed by atoms with Crippen LogP contribution in [0.1, 0.15) is 131 Å². The van der Waals surface area contributed by atoms with Crippen molar-refractivity contribution in [1.29, 1.82) is 0 Å². The van der Waals surface area contributed by atoms with Crippen molar-refractivity contribution < 1.29 is 72.5 Å². The van der Waals surface area contributed by atoms with Gasteiger partial charge in [0.25, 0.3) is 11.7 Å². The van der Waals surface area contributed by atoms with Crippen molar-refractivity contribution in [2.24, 2.45) is 35.5 Å². The molecule has 16 nitrogen and oxygen atoms in total. The number of ether oxygens (including phenoxy) is 7. The molecule has 3 N–H and O–H groups in total. The van der Waals surface area contributed by atoms with Gasteiger partial charge >= 0.3 is 5.97 Å². The predicted molar refractivity (Wildman–Crippen MR) is 287 cm³/mol. The topological polar surface area (TPSA) is 214 Å². The lowest BCUT2D eigenvalue weighted by molar-refractivity contribution is -0.266. The molecule has 0 aromatic heterocycles. The fraction of sp³-hybridized carbons (Fsp3) is 0.683. The maximum absolute atomic E-state index is 14.6. The van der Waals surface area contributed by atoms with E-state index in [1.54, 1.807) is 41.1 Å². The van der Waals surface area contributed by atoms with E-state index in [1.165, 1.54) is 12.0 Å². The molecule has 5 rings (SSSR count). The molecule has 424 valence electrons. The summed E-state index contributed by atoms with van der Waals surface area (Å²) in [4.78, 5) is 72.9. The van der Waals surface area contributed by atoms with Gasteiger partial charge in [-0.25, -0.2) is 4.79 Å². The zero-order valence-corrected chi connectivity index (χ0v) is 46.9. The zero-order valence-electron chi connectivity index (χ0n) is 46.9. The minimum atomic E-state index is -2.50. The molecule has 3 heterocycles. The Morgan fingerprint density at radius 1 is 0.855 bits per heavy atom. The van der Waals surface area contributed by atoms with E-state index in [2.05, 4.69) is 0 Å². The summed E-state index contributed by atoms with van der Waals surface area (Å²) in [5.41, 5.74) is 2.07. The molecule has 2 bridgehead atoms. The normalized spacial score (nSPS) is 36.2. The lowest BCUT2D eigenvalue weighted by Crippen LogP contribution is -2.61. The van der Waals surface area contributed by atoms with Crippen LogP contribution >= 0.6 is 0 Å². The number of Topliss-reactive ketones (excluding diaryl/α,β-unsaturated/α-hetero) is 3. The molecule has 4 aliphatic rings. The van der Waals surface area contributed by atoms with Gasteiger partial charge in [-0.3, -0.25) is 19.2 Å². The number of piperidine rings is 1. The highest BCUT2D eigenvalue weighted by atomic mass is 16.6. The zero-order chi connectivity index (χ0) is 55.7. The Morgan fingerprint density at radius 2 is 1.62 bits per heavy atom. The highest BCUT2D eigenvalue weighted by Gasteiger charge is 2.53. The first-order chi connectivity index (χ1) is 36.2. The van der Waals surface area contributed by atoms with Crippen LogP contribution < -0.4 is 4.74 Å². The summed E-state index contributed by atoms with van der Waals surface area (Å²) in [5, 5.41) is 34.4. The lowest BCUT2D eigenvalue weighted by Gasteiger charge is -2.43. The number of benzene rings is 1. The molecule has 1 saturated carbocycles. The number of allylic oxidation sites excluding steroid dienone is 6. The lowest BCUT2D eigenvalue weighted by atomic mass is 9.78. The van der Waals surface area contributed by atoms with Crippen LogP contribution in [-0.4, -0.2) is 145 Å². The van der Waals surface area contributed by atoms with Crippen LogP contribution in [0.2, 0.25) is 0 Å². The van der Waals surface area contributed by atoms with E-state index in [0.717, 1.165) is 11.1 Å². The molecule has 15 atom stereocenters. The number of cyclic esters (lactones) is 1. The van der Waals surface area contributed by atoms with E-state index in [-0.39, 0.29) is 67.8 Å². The van der Waals surface area contributed by atoms with Crippen molar-refractivity contribution in [2.75, 3.05) is 41.1 Å². The second-order valence-corrected chi connectivity index (χ2v) is 22.2. The number of esters is 1. The molecule has 1 amide bonds. The van der Waals surface area contributed by atoms with Gasteiger partial charge in [0.15, 0.2) is 5.78 Å². The van der Waals surface area contributed by atoms with Crippen LogP contribution in [0.25, 0.3) is 0 Å². The van der Waals surface area contributed by atoms with Gasteiger partial charge in [-0.15, -0.1) is 0 Å². The van der Waals surface area contributed by atoms with E-state index in [1.807, 2.05) is 82.3 Å². The number of rotatable bonds is 12. The van der Waals surface area contributed by atoms with Crippen LogP contribution in [0.15, 0.2) is 71.9 Å². The van der Waals surface area contributed by atoms with Gasteiger partial charge in [-0.1, -0.05) is 83.2 Å². The van der Waals surface area contributed by atoms with Gasteiger partial charge in [-0.05, 0) is 125 Å². The van der Waals surface area contributed by atoms with Crippen LogP contribution in [0.3, 0.4) is 0 Å². The quantitative estimate of drug-likeness (QED) is 0.0789. The van der Waals surface area contributed by atoms with Crippen LogP contribution in [0, 0.1) is 35.5 Å². The smallest absolute Gasteiger partial charge is 0.329 e. The van der Waals surface area contributed by atoms with Crippen LogP contribution in [0.4, 0.5) is 0 Å². The number of carbonyl (C=O) groups is 5. The Morgan fingerprint density at radius 3 is 2.34 bits per heavy atom. The molecule has 1 aliphatic carbocycles. The number of aliphatic hydroxyl groups excluding tert-OH is 2. The molecule has 1 aromatic rings. The predicted octanol–water partition coefficient (Wildman–Crippen LogP) is 7.78. The molecular weight excluding hydrogens is 975 g/mol. The Labute approximate surface area is 451 Å². The summed E-state index contributed by atoms with van der Waals surface area (Å²) in [6.07, 6.45) is 10.6. The maximum Gasteiger partial charge on any atom is 0.329 e. The van der Waals surface area contributed by atoms with Crippen molar-refractivity contribution in [1.82, 2.24) is 4.90 Å². The second-order valence-electron chi connectivity index (χ2n) is 22.2. The summed E-state index contributed by atoms with van der Waals surface area (Å²) < 4.78 is 41.4. The molecule has 2 saturated heterocycles. The molecule has 1 aromatic carbocycles. The standard InChI is InChI=1S/C60H89NO15/c1-37-17-12-11-13-18-38(2)51(74-36-45-19-16-20-46(32-45)73-28-27-70-8)34-47-24-22-43(7)60(69,76-47)57(66)58(67)61-26-15-14-21-48(61)59(68)75-52(40(4)31-44-23-25-49(62)53(33-44)71-9)35-50(63)39(3)30-42(6)55(65)56(72-10)54(64)41(5)29-37/h11-13,16-20,30,32,37,39-41,43-44,47-49,51-53,55-56,62,65,69H,14-15,21-29,31,33-36H2,1-10H3/b13-11+,17-12+,38-18+,42-30+/t37-,39-,40-,41-,43-,44+,47+,48+,49-,51?,52+,53-,55+,56+,60-/m1/s1. The number of hydrogen-bond donors (Lipinski definition) is 3. The number of fused-ring (bicyclic) bond motifs is 3. The van der Waals surface area contributed by atoms with Crippen molar-refractivity contribution in [3.63, 3.8) is 0 Å². The molecule has 16 heteroatoms. The Hall–Kier alpha value is -4.39. The van der Waals surface area contributed by atoms with Crippen molar-refractivity contribution in [2.45, 2.75) is 187 Å². The minimum absolute atomic E-state index is 0.0190. The number of carbonyl (C=O) groups excluding carboxylic acids is 5. The van der Waals surface area contributed by atoms with Gasteiger partial charge < -0.3 is 53.4 Å². The van der Waals surface area contributed by atoms with Crippen LogP contribution in [-0.2, 0) is 59.0 Å². The first-order valence-electron chi connectivity index (χ1n) is 27.7. The number of hydrogen-bond acceptors (Lipinski definition) is 15. The first-order valence-corrected chi connectivity index (χ1v) is 27.7. The molecule has 3 aliphatic heterocycles. The number of aliphatic hydroxyl groups is 3. The second kappa shape index (κ2) is 30.1. The van der Waals surface area contributed by atoms with Gasteiger partial charge in [0.1, 0.15) is 42.5 Å². The summed E-state index contributed by atoms with van der Waals surface area (Å²) >= 11 is 0. The van der Waals surface area contributed by atoms with E-state index >= 15 is 0 Å². The molecule has 76 heavy (non-hydrogen) atoms. The Balaban J connectivity index is 1.49. The van der Waals surface area contributed by atoms with Crippen LogP contribution in [0.5, 0.6) is 5.75 Å². The summed E-state index contributed by atoms with van der Waals surface area (Å²) in [6, 6.07) is 6.39. The molecule has 0 radical (unpaired) electrons. The summed E-state index contributed by atoms with van der Waals surface area (Å²) in [6.45, 7) is 13.8. The fourth-order valence-corrected chi connectivity index (χ4v) is 11.2. The van der Waals surface area contributed by atoms with E-state index in [4.69, 9.17) is 33.2 Å². The van der Waals surface area contributed by atoms with E-state index in [9.17, 15) is 39.3 Å². The molecule has 3 fully saturated rings. The highest BCUT2D eigenvalue weighted by molar-refractivity contribution is 6.39. The van der Waals surface area contributed by atoms with E-state index in [0.29, 0.717) is 82.3 Å². The van der Waals surface area contributed by atoms with Gasteiger partial charge in [0.05, 0.1) is 37.6 Å². The highest BCUT2D eigenvalue weighted by Crippen LogP contribution is 2.38. The van der Waals surface area contributed by atoms with E-state index < -0.39 is 83.9 Å². The van der Waals surface area contributed by atoms with Crippen molar-refractivity contribution in [3.8, 4) is 5.75 Å². The SMILES string of the molecule is COCCOc1cccc(COC2C[C@@H]3CC[C@@H](C)[C@@](O)(O3)C(=O)C(=O)N3CCCC[C@H]3C(=O)O[C@H]([C@H](C)C[C@@H]3CC[C@@H](O)[C@H](OC)C3)CC(=O)[C@H](C)/C=C(\C)[C@H](O)[C@@H](OC)C(=O)[C@H](C)C[C@H](C)/C=C/C=C/C=C/2C)c1. The molecule has 1 unspecified atom stereocenters. The van der Waals surface area contributed by atoms with Gasteiger partial charge in [0.2, 0.25) is 5.79 Å². The Kier molecular flexibility index (Phi) is 24.7. The number of ketones is 3. The Bertz CT molecular complexity index is 2200. The third-order valence-electron chi connectivity index (χ3n) is 16.1.